The maximum absolute atomic E-state index is 4.05. The average Bonchev–Trinajstić information content (AvgIpc) is 2.65. The van der Waals surface area contributed by atoms with Gasteiger partial charge in [-0.15, -0.1) is 0 Å². The summed E-state index contributed by atoms with van der Waals surface area (Å²) in [5.74, 6) is 0.862. The lowest BCUT2D eigenvalue weighted by molar-refractivity contribution is 0.607. The summed E-state index contributed by atoms with van der Waals surface area (Å²) in [7, 11) is 1.85. The first-order chi connectivity index (χ1) is 5.86. The van der Waals surface area contributed by atoms with Gasteiger partial charge < -0.3 is 0 Å². The summed E-state index contributed by atoms with van der Waals surface area (Å²) in [6, 6.07) is 0. The van der Waals surface area contributed by atoms with Crippen LogP contribution in [0.25, 0.3) is 0 Å². The van der Waals surface area contributed by atoms with Crippen molar-refractivity contribution in [2.75, 3.05) is 0 Å². The molecule has 0 aliphatic rings. The molecule has 0 aromatic carbocycles. The van der Waals surface area contributed by atoms with E-state index in [0.717, 1.165) is 5.82 Å². The molecule has 12 heavy (non-hydrogen) atoms. The van der Waals surface area contributed by atoms with Crippen LogP contribution in [-0.4, -0.2) is 29.5 Å². The zero-order valence-electron chi connectivity index (χ0n) is 6.62. The second-order valence-electron chi connectivity index (χ2n) is 2.39. The first kappa shape index (κ1) is 6.96. The molecule has 0 fully saturated rings. The Labute approximate surface area is 68.9 Å². The van der Waals surface area contributed by atoms with Crippen molar-refractivity contribution in [3.63, 3.8) is 0 Å². The van der Waals surface area contributed by atoms with E-state index in [9.17, 15) is 0 Å². The van der Waals surface area contributed by atoms with Crippen LogP contribution in [0.1, 0.15) is 5.82 Å². The zero-order chi connectivity index (χ0) is 8.39. The minimum absolute atomic E-state index is 0.608. The SMILES string of the molecule is Cn1ncnc1Cn1cncn1. The van der Waals surface area contributed by atoms with Crippen molar-refractivity contribution in [2.45, 2.75) is 6.54 Å². The molecule has 62 valence electrons. The van der Waals surface area contributed by atoms with Crippen molar-refractivity contribution in [1.29, 1.82) is 0 Å². The molecular formula is C6H8N6. The highest BCUT2D eigenvalue weighted by Gasteiger charge is 2.00. The van der Waals surface area contributed by atoms with Crippen LogP contribution in [0, 0.1) is 0 Å². The molecule has 0 saturated carbocycles. The number of aryl methyl sites for hydroxylation is 1. The highest BCUT2D eigenvalue weighted by atomic mass is 15.4. The van der Waals surface area contributed by atoms with E-state index in [-0.39, 0.29) is 0 Å². The van der Waals surface area contributed by atoms with E-state index in [1.165, 1.54) is 12.7 Å². The fourth-order valence-corrected chi connectivity index (χ4v) is 0.923. The Morgan fingerprint density at radius 2 is 2.25 bits per heavy atom. The lowest BCUT2D eigenvalue weighted by Gasteiger charge is -1.98. The smallest absolute Gasteiger partial charge is 0.148 e. The minimum atomic E-state index is 0.608. The monoisotopic (exact) mass is 164 g/mol. The quantitative estimate of drug-likeness (QED) is 0.597. The van der Waals surface area contributed by atoms with Gasteiger partial charge in [-0.2, -0.15) is 10.2 Å². The third-order valence-corrected chi connectivity index (χ3v) is 1.58. The molecule has 0 atom stereocenters. The van der Waals surface area contributed by atoms with E-state index in [2.05, 4.69) is 20.2 Å². The number of hydrogen-bond donors (Lipinski definition) is 0. The van der Waals surface area contributed by atoms with E-state index in [1.54, 1.807) is 15.7 Å². The van der Waals surface area contributed by atoms with Gasteiger partial charge in [0.15, 0.2) is 0 Å². The predicted octanol–water partition coefficient (Wildman–Crippen LogP) is -0.545. The van der Waals surface area contributed by atoms with Crippen LogP contribution < -0.4 is 0 Å². The molecular weight excluding hydrogens is 156 g/mol. The molecule has 0 N–H and O–H groups in total. The van der Waals surface area contributed by atoms with E-state index in [4.69, 9.17) is 0 Å². The van der Waals surface area contributed by atoms with Crippen molar-refractivity contribution in [1.82, 2.24) is 29.5 Å². The van der Waals surface area contributed by atoms with Crippen LogP contribution in [0.5, 0.6) is 0 Å². The Morgan fingerprint density at radius 3 is 2.83 bits per heavy atom. The molecule has 0 radical (unpaired) electrons. The van der Waals surface area contributed by atoms with Gasteiger partial charge in [0.25, 0.3) is 0 Å². The van der Waals surface area contributed by atoms with Gasteiger partial charge in [0.1, 0.15) is 31.4 Å². The van der Waals surface area contributed by atoms with Gasteiger partial charge in [-0.1, -0.05) is 0 Å². The lowest BCUT2D eigenvalue weighted by atomic mass is 10.6. The maximum atomic E-state index is 4.05. The van der Waals surface area contributed by atoms with Crippen LogP contribution in [0.15, 0.2) is 19.0 Å². The fraction of sp³-hybridized carbons (Fsp3) is 0.333. The Hall–Kier alpha value is -1.72. The summed E-state index contributed by atoms with van der Waals surface area (Å²) in [5, 5.41) is 7.90. The molecule has 0 amide bonds. The number of rotatable bonds is 2. The summed E-state index contributed by atoms with van der Waals surface area (Å²) in [6.45, 7) is 0.608. The Morgan fingerprint density at radius 1 is 1.33 bits per heavy atom. The van der Waals surface area contributed by atoms with Crippen molar-refractivity contribution < 1.29 is 0 Å². The molecule has 2 rings (SSSR count). The van der Waals surface area contributed by atoms with Gasteiger partial charge in [-0.25, -0.2) is 14.6 Å². The van der Waals surface area contributed by atoms with Crippen LogP contribution in [0.3, 0.4) is 0 Å². The first-order valence-electron chi connectivity index (χ1n) is 3.51. The largest absolute Gasteiger partial charge is 0.251 e. The number of aromatic nitrogens is 6. The van der Waals surface area contributed by atoms with Gasteiger partial charge in [0.05, 0.1) is 0 Å². The average molecular weight is 164 g/mol. The van der Waals surface area contributed by atoms with Crippen LogP contribution in [0.4, 0.5) is 0 Å². The van der Waals surface area contributed by atoms with E-state index in [1.807, 2.05) is 7.05 Å². The van der Waals surface area contributed by atoms with Crippen molar-refractivity contribution in [2.24, 2.45) is 7.05 Å². The van der Waals surface area contributed by atoms with Crippen LogP contribution >= 0.6 is 0 Å². The summed E-state index contributed by atoms with van der Waals surface area (Å²) < 4.78 is 3.41. The van der Waals surface area contributed by atoms with Crippen LogP contribution in [-0.2, 0) is 13.6 Å². The fourth-order valence-electron chi connectivity index (χ4n) is 0.923. The third-order valence-electron chi connectivity index (χ3n) is 1.58. The summed E-state index contributed by atoms with van der Waals surface area (Å²) in [6.07, 6.45) is 4.66. The van der Waals surface area contributed by atoms with Crippen LogP contribution in [0.2, 0.25) is 0 Å². The second kappa shape index (κ2) is 2.72. The topological polar surface area (TPSA) is 61.4 Å². The molecule has 2 aromatic heterocycles. The molecule has 0 aliphatic carbocycles. The molecule has 0 bridgehead atoms. The summed E-state index contributed by atoms with van der Waals surface area (Å²) in [5.41, 5.74) is 0. The van der Waals surface area contributed by atoms with E-state index < -0.39 is 0 Å². The molecule has 6 heteroatoms. The summed E-state index contributed by atoms with van der Waals surface area (Å²) >= 11 is 0. The highest BCUT2D eigenvalue weighted by molar-refractivity contribution is 4.83. The summed E-state index contributed by atoms with van der Waals surface area (Å²) in [4.78, 5) is 7.88. The van der Waals surface area contributed by atoms with Gasteiger partial charge >= 0.3 is 0 Å². The van der Waals surface area contributed by atoms with Gasteiger partial charge in [-0.3, -0.25) is 4.68 Å². The Kier molecular flexibility index (Phi) is 1.58. The van der Waals surface area contributed by atoms with E-state index >= 15 is 0 Å². The maximum Gasteiger partial charge on any atom is 0.148 e. The third kappa shape index (κ3) is 1.18. The number of hydrogen-bond acceptors (Lipinski definition) is 4. The molecule has 0 saturated heterocycles. The Bertz CT molecular complexity index is 348. The first-order valence-corrected chi connectivity index (χ1v) is 3.51. The zero-order valence-corrected chi connectivity index (χ0v) is 6.62. The van der Waals surface area contributed by atoms with Gasteiger partial charge in [0, 0.05) is 7.05 Å². The van der Waals surface area contributed by atoms with Gasteiger partial charge in [0.2, 0.25) is 0 Å². The van der Waals surface area contributed by atoms with Crippen molar-refractivity contribution >= 4 is 0 Å². The van der Waals surface area contributed by atoms with E-state index in [0.29, 0.717) is 6.54 Å². The minimum Gasteiger partial charge on any atom is -0.251 e. The predicted molar refractivity (Wildman–Crippen MR) is 40.1 cm³/mol. The second-order valence-corrected chi connectivity index (χ2v) is 2.39. The molecule has 0 aliphatic heterocycles. The number of nitrogens with zero attached hydrogens (tertiary/aromatic N) is 6. The molecule has 0 spiro atoms. The molecule has 2 aromatic rings. The highest BCUT2D eigenvalue weighted by Crippen LogP contribution is 1.93. The molecule has 0 unspecified atom stereocenters. The standard InChI is InChI=1S/C6H8N6/c1-11-6(8-4-9-11)2-12-5-7-3-10-12/h3-5H,2H2,1H3. The normalized spacial score (nSPS) is 10.4. The molecule has 2 heterocycles. The van der Waals surface area contributed by atoms with Crippen molar-refractivity contribution in [3.8, 4) is 0 Å². The molecule has 6 nitrogen and oxygen atoms in total. The van der Waals surface area contributed by atoms with Crippen molar-refractivity contribution in [3.05, 3.63) is 24.8 Å². The lowest BCUT2D eigenvalue weighted by Crippen LogP contribution is -2.06. The Balaban J connectivity index is 2.20. The van der Waals surface area contributed by atoms with Gasteiger partial charge in [-0.05, 0) is 0 Å².